The predicted molar refractivity (Wildman–Crippen MR) is 131 cm³/mol. The molecule has 0 saturated carbocycles. The molecule has 34 heavy (non-hydrogen) atoms. The molecule has 6 heteroatoms. The molecule has 0 N–H and O–H groups in total. The fourth-order valence-corrected chi connectivity index (χ4v) is 4.52. The molecule has 1 atom stereocenters. The molecule has 0 radical (unpaired) electrons. The van der Waals surface area contributed by atoms with Crippen LogP contribution in [-0.4, -0.2) is 41.2 Å². The third-order valence-electron chi connectivity index (χ3n) is 6.45. The summed E-state index contributed by atoms with van der Waals surface area (Å²) in [4.78, 5) is 28.6. The Morgan fingerprint density at radius 2 is 1.79 bits per heavy atom. The molecule has 0 saturated heterocycles. The molecular formula is C28H32N2O4. The van der Waals surface area contributed by atoms with Crippen LogP contribution in [0.4, 0.5) is 0 Å². The Balaban J connectivity index is 1.55. The zero-order chi connectivity index (χ0) is 24.2. The second-order valence-corrected chi connectivity index (χ2v) is 8.67. The quantitative estimate of drug-likeness (QED) is 0.490. The zero-order valence-electron chi connectivity index (χ0n) is 20.3. The molecule has 178 valence electrons. The Hall–Kier alpha value is -3.54. The Labute approximate surface area is 201 Å². The summed E-state index contributed by atoms with van der Waals surface area (Å²) in [6.45, 7) is 9.76. The molecule has 1 aliphatic rings. The Kier molecular flexibility index (Phi) is 7.06. The van der Waals surface area contributed by atoms with Crippen molar-refractivity contribution in [1.29, 1.82) is 0 Å². The maximum atomic E-state index is 12.5. The SMILES string of the molecule is CCN(CC)C(=O)c1ccc(COc2ccc3c(c2)C(c2ccc(C)cc2)N(C(C)=O)CC3)o1. The fraction of sp³-hybridized carbons (Fsp3) is 0.357. The third kappa shape index (κ3) is 4.86. The lowest BCUT2D eigenvalue weighted by molar-refractivity contribution is -0.130. The van der Waals surface area contributed by atoms with E-state index in [2.05, 4.69) is 37.3 Å². The summed E-state index contributed by atoms with van der Waals surface area (Å²) in [7, 11) is 0. The lowest BCUT2D eigenvalue weighted by Crippen LogP contribution is -2.39. The number of carbonyl (C=O) groups is 2. The topological polar surface area (TPSA) is 63.0 Å². The van der Waals surface area contributed by atoms with Crippen molar-refractivity contribution in [1.82, 2.24) is 9.80 Å². The van der Waals surface area contributed by atoms with Crippen molar-refractivity contribution in [3.8, 4) is 5.75 Å². The summed E-state index contributed by atoms with van der Waals surface area (Å²) in [6, 6.07) is 17.7. The molecule has 0 aliphatic carbocycles. The van der Waals surface area contributed by atoms with Gasteiger partial charge in [-0.25, -0.2) is 0 Å². The lowest BCUT2D eigenvalue weighted by atomic mass is 9.87. The summed E-state index contributed by atoms with van der Waals surface area (Å²) in [5.41, 5.74) is 4.58. The lowest BCUT2D eigenvalue weighted by Gasteiger charge is -2.37. The maximum Gasteiger partial charge on any atom is 0.289 e. The molecule has 2 heterocycles. The first-order chi connectivity index (χ1) is 16.4. The van der Waals surface area contributed by atoms with Crippen LogP contribution in [0.2, 0.25) is 0 Å². The van der Waals surface area contributed by atoms with Crippen molar-refractivity contribution in [2.75, 3.05) is 19.6 Å². The number of amides is 2. The minimum Gasteiger partial charge on any atom is -0.486 e. The molecule has 1 aliphatic heterocycles. The number of carbonyl (C=O) groups excluding carboxylic acids is 2. The van der Waals surface area contributed by atoms with Crippen LogP contribution in [-0.2, 0) is 17.8 Å². The molecule has 3 aromatic rings. The van der Waals surface area contributed by atoms with Crippen LogP contribution in [0, 0.1) is 6.92 Å². The summed E-state index contributed by atoms with van der Waals surface area (Å²) < 4.78 is 11.8. The fourth-order valence-electron chi connectivity index (χ4n) is 4.52. The van der Waals surface area contributed by atoms with Crippen molar-refractivity contribution in [2.45, 2.75) is 46.8 Å². The second-order valence-electron chi connectivity index (χ2n) is 8.67. The number of benzene rings is 2. The van der Waals surface area contributed by atoms with Gasteiger partial charge >= 0.3 is 0 Å². The highest BCUT2D eigenvalue weighted by molar-refractivity contribution is 5.91. The molecule has 0 bridgehead atoms. The van der Waals surface area contributed by atoms with Gasteiger partial charge in [0.1, 0.15) is 18.1 Å². The van der Waals surface area contributed by atoms with Crippen molar-refractivity contribution in [3.05, 3.63) is 88.4 Å². The van der Waals surface area contributed by atoms with Crippen LogP contribution < -0.4 is 4.74 Å². The van der Waals surface area contributed by atoms with Gasteiger partial charge < -0.3 is 19.0 Å². The number of ether oxygens (including phenoxy) is 1. The highest BCUT2D eigenvalue weighted by Gasteiger charge is 2.30. The van der Waals surface area contributed by atoms with E-state index in [1.165, 1.54) is 11.1 Å². The zero-order valence-corrected chi connectivity index (χ0v) is 20.3. The van der Waals surface area contributed by atoms with Crippen LogP contribution in [0.3, 0.4) is 0 Å². The largest absolute Gasteiger partial charge is 0.486 e. The van der Waals surface area contributed by atoms with Crippen molar-refractivity contribution in [3.63, 3.8) is 0 Å². The molecular weight excluding hydrogens is 428 g/mol. The van der Waals surface area contributed by atoms with Gasteiger partial charge in [0.15, 0.2) is 5.76 Å². The number of aryl methyl sites for hydroxylation is 1. The molecule has 2 aromatic carbocycles. The molecule has 4 rings (SSSR count). The molecule has 6 nitrogen and oxygen atoms in total. The summed E-state index contributed by atoms with van der Waals surface area (Å²) in [5, 5.41) is 0. The van der Waals surface area contributed by atoms with E-state index < -0.39 is 0 Å². The summed E-state index contributed by atoms with van der Waals surface area (Å²) >= 11 is 0. The Morgan fingerprint density at radius 3 is 2.47 bits per heavy atom. The van der Waals surface area contributed by atoms with E-state index in [1.54, 1.807) is 24.0 Å². The number of hydrogen-bond donors (Lipinski definition) is 0. The standard InChI is InChI=1S/C28H32N2O4/c1-5-29(6-2)28(32)26-14-13-24(34-26)18-33-23-12-11-21-15-16-30(20(4)31)27(25(21)17-23)22-9-7-19(3)8-10-22/h7-14,17,27H,5-6,15-16,18H2,1-4H3. The van der Waals surface area contributed by atoms with Gasteiger partial charge in [0.05, 0.1) is 6.04 Å². The van der Waals surface area contributed by atoms with Crippen LogP contribution in [0.1, 0.15) is 65.4 Å². The van der Waals surface area contributed by atoms with E-state index in [1.807, 2.05) is 30.9 Å². The van der Waals surface area contributed by atoms with Gasteiger partial charge in [-0.15, -0.1) is 0 Å². The Bertz CT molecular complexity index is 1160. The Morgan fingerprint density at radius 1 is 1.06 bits per heavy atom. The van der Waals surface area contributed by atoms with Crippen molar-refractivity contribution in [2.24, 2.45) is 0 Å². The minimum atomic E-state index is -0.146. The average molecular weight is 461 g/mol. The highest BCUT2D eigenvalue weighted by Crippen LogP contribution is 2.37. The van der Waals surface area contributed by atoms with Crippen LogP contribution >= 0.6 is 0 Å². The van der Waals surface area contributed by atoms with Gasteiger partial charge in [-0.05, 0) is 68.1 Å². The number of fused-ring (bicyclic) bond motifs is 1. The normalized spacial score (nSPS) is 15.1. The van der Waals surface area contributed by atoms with Gasteiger partial charge in [-0.1, -0.05) is 35.9 Å². The minimum absolute atomic E-state index is 0.0588. The first kappa shape index (κ1) is 23.6. The van der Waals surface area contributed by atoms with E-state index in [0.29, 0.717) is 36.9 Å². The van der Waals surface area contributed by atoms with Gasteiger partial charge in [0.25, 0.3) is 5.91 Å². The van der Waals surface area contributed by atoms with Crippen LogP contribution in [0.15, 0.2) is 59.0 Å². The second kappa shape index (κ2) is 10.2. The van der Waals surface area contributed by atoms with Crippen molar-refractivity contribution < 1.29 is 18.7 Å². The van der Waals surface area contributed by atoms with Gasteiger partial charge in [0.2, 0.25) is 5.91 Å². The molecule has 0 fully saturated rings. The number of hydrogen-bond acceptors (Lipinski definition) is 4. The molecule has 0 spiro atoms. The smallest absolute Gasteiger partial charge is 0.289 e. The maximum absolute atomic E-state index is 12.5. The van der Waals surface area contributed by atoms with Gasteiger partial charge in [0, 0.05) is 26.6 Å². The highest BCUT2D eigenvalue weighted by atomic mass is 16.5. The third-order valence-corrected chi connectivity index (χ3v) is 6.45. The van der Waals surface area contributed by atoms with Gasteiger partial charge in [-0.3, -0.25) is 9.59 Å². The average Bonchev–Trinajstić information content (AvgIpc) is 3.32. The number of nitrogens with zero attached hydrogens (tertiary/aromatic N) is 2. The first-order valence-electron chi connectivity index (χ1n) is 11.9. The molecule has 2 amide bonds. The first-order valence-corrected chi connectivity index (χ1v) is 11.9. The monoisotopic (exact) mass is 460 g/mol. The summed E-state index contributed by atoms with van der Waals surface area (Å²) in [6.07, 6.45) is 0.812. The van der Waals surface area contributed by atoms with Gasteiger partial charge in [-0.2, -0.15) is 0 Å². The number of rotatable bonds is 7. The number of furan rings is 1. The van der Waals surface area contributed by atoms with E-state index in [0.717, 1.165) is 17.5 Å². The van der Waals surface area contributed by atoms with Crippen molar-refractivity contribution >= 4 is 11.8 Å². The van der Waals surface area contributed by atoms with E-state index in [9.17, 15) is 9.59 Å². The van der Waals surface area contributed by atoms with E-state index in [4.69, 9.17) is 9.15 Å². The predicted octanol–water partition coefficient (Wildman–Crippen LogP) is 5.14. The molecule has 1 unspecified atom stereocenters. The summed E-state index contributed by atoms with van der Waals surface area (Å²) in [5.74, 6) is 1.56. The van der Waals surface area contributed by atoms with Crippen LogP contribution in [0.25, 0.3) is 0 Å². The van der Waals surface area contributed by atoms with E-state index in [-0.39, 0.29) is 24.5 Å². The molecule has 1 aromatic heterocycles. The van der Waals surface area contributed by atoms with E-state index >= 15 is 0 Å². The van der Waals surface area contributed by atoms with Crippen LogP contribution in [0.5, 0.6) is 5.75 Å².